The van der Waals surface area contributed by atoms with Gasteiger partial charge in [-0.1, -0.05) is 38.5 Å². The van der Waals surface area contributed by atoms with Crippen molar-refractivity contribution in [1.82, 2.24) is 4.90 Å². The van der Waals surface area contributed by atoms with Gasteiger partial charge in [0.25, 0.3) is 0 Å². The minimum Gasteiger partial charge on any atom is -0.481 e. The topological polar surface area (TPSA) is 40.5 Å². The number of rotatable bonds is 5. The number of hydrogen-bond acceptors (Lipinski definition) is 2. The highest BCUT2D eigenvalue weighted by Gasteiger charge is 2.40. The lowest BCUT2D eigenvalue weighted by Gasteiger charge is -2.38. The molecule has 0 heterocycles. The molecule has 3 nitrogen and oxygen atoms in total. The monoisotopic (exact) mass is 267 g/mol. The average Bonchev–Trinajstić information content (AvgIpc) is 2.40. The van der Waals surface area contributed by atoms with Crippen molar-refractivity contribution < 1.29 is 9.90 Å². The highest BCUT2D eigenvalue weighted by Crippen LogP contribution is 2.37. The van der Waals surface area contributed by atoms with Gasteiger partial charge >= 0.3 is 5.97 Å². The van der Waals surface area contributed by atoms with Crippen LogP contribution in [0.5, 0.6) is 0 Å². The van der Waals surface area contributed by atoms with Gasteiger partial charge in [-0.05, 0) is 38.6 Å². The molecule has 0 bridgehead atoms. The van der Waals surface area contributed by atoms with Gasteiger partial charge in [0.2, 0.25) is 0 Å². The molecule has 0 atom stereocenters. The van der Waals surface area contributed by atoms with Crippen LogP contribution in [0, 0.1) is 11.3 Å². The van der Waals surface area contributed by atoms with E-state index in [0.717, 1.165) is 44.7 Å². The molecule has 0 aliphatic heterocycles. The van der Waals surface area contributed by atoms with Gasteiger partial charge in [-0.3, -0.25) is 4.79 Å². The number of aliphatic carboxylic acids is 1. The van der Waals surface area contributed by atoms with Crippen molar-refractivity contribution in [3.63, 3.8) is 0 Å². The van der Waals surface area contributed by atoms with Crippen molar-refractivity contribution in [2.75, 3.05) is 20.1 Å². The normalized spacial score (nSPS) is 24.5. The van der Waals surface area contributed by atoms with Gasteiger partial charge in [-0.25, -0.2) is 0 Å². The highest BCUT2D eigenvalue weighted by atomic mass is 16.4. The number of carboxylic acid groups (broad SMARTS) is 1. The van der Waals surface area contributed by atoms with Crippen molar-refractivity contribution in [2.45, 2.75) is 64.2 Å². The van der Waals surface area contributed by atoms with Crippen LogP contribution in [0.15, 0.2) is 0 Å². The summed E-state index contributed by atoms with van der Waals surface area (Å²) in [5.41, 5.74) is -0.457. The van der Waals surface area contributed by atoms with Crippen LogP contribution in [0.3, 0.4) is 0 Å². The van der Waals surface area contributed by atoms with Crippen LogP contribution in [0.4, 0.5) is 0 Å². The standard InChI is InChI=1S/C16H29NO2/c1-17(12-14-8-4-2-5-9-14)13-16(15(18)19)10-6-3-7-11-16/h14H,2-13H2,1H3,(H,18,19). The van der Waals surface area contributed by atoms with E-state index in [4.69, 9.17) is 0 Å². The predicted octanol–water partition coefficient (Wildman–Crippen LogP) is 3.53. The summed E-state index contributed by atoms with van der Waals surface area (Å²) in [6.45, 7) is 1.84. The Hall–Kier alpha value is -0.570. The summed E-state index contributed by atoms with van der Waals surface area (Å²) in [4.78, 5) is 14.0. The molecular weight excluding hydrogens is 238 g/mol. The molecule has 0 aromatic carbocycles. The van der Waals surface area contributed by atoms with E-state index < -0.39 is 11.4 Å². The van der Waals surface area contributed by atoms with Crippen LogP contribution in [0.2, 0.25) is 0 Å². The Morgan fingerprint density at radius 1 is 1.11 bits per heavy atom. The van der Waals surface area contributed by atoms with Crippen LogP contribution in [0.25, 0.3) is 0 Å². The van der Waals surface area contributed by atoms with E-state index in [1.807, 2.05) is 0 Å². The van der Waals surface area contributed by atoms with Gasteiger partial charge in [0, 0.05) is 13.1 Å². The summed E-state index contributed by atoms with van der Waals surface area (Å²) in [7, 11) is 2.12. The average molecular weight is 267 g/mol. The fraction of sp³-hybridized carbons (Fsp3) is 0.938. The third-order valence-corrected chi connectivity index (χ3v) is 5.13. The zero-order valence-electron chi connectivity index (χ0n) is 12.4. The Balaban J connectivity index is 1.87. The van der Waals surface area contributed by atoms with E-state index in [1.54, 1.807) is 0 Å². The van der Waals surface area contributed by atoms with Crippen LogP contribution < -0.4 is 0 Å². The second kappa shape index (κ2) is 6.74. The molecule has 0 saturated heterocycles. The lowest BCUT2D eigenvalue weighted by atomic mass is 9.73. The Morgan fingerprint density at radius 2 is 1.68 bits per heavy atom. The molecule has 1 N–H and O–H groups in total. The third-order valence-electron chi connectivity index (χ3n) is 5.13. The molecule has 2 aliphatic rings. The molecular formula is C16H29NO2. The third kappa shape index (κ3) is 3.95. The molecule has 2 saturated carbocycles. The van der Waals surface area contributed by atoms with Crippen molar-refractivity contribution in [2.24, 2.45) is 11.3 Å². The molecule has 0 amide bonds. The van der Waals surface area contributed by atoms with E-state index in [-0.39, 0.29) is 0 Å². The molecule has 0 aromatic heterocycles. The van der Waals surface area contributed by atoms with E-state index in [0.29, 0.717) is 0 Å². The lowest BCUT2D eigenvalue weighted by Crippen LogP contribution is -2.44. The smallest absolute Gasteiger partial charge is 0.310 e. The minimum absolute atomic E-state index is 0.457. The molecule has 0 unspecified atom stereocenters. The maximum Gasteiger partial charge on any atom is 0.310 e. The van der Waals surface area contributed by atoms with Crippen molar-refractivity contribution in [1.29, 1.82) is 0 Å². The molecule has 0 aromatic rings. The summed E-state index contributed by atoms with van der Waals surface area (Å²) < 4.78 is 0. The summed E-state index contributed by atoms with van der Waals surface area (Å²) in [5, 5.41) is 9.62. The number of hydrogen-bond donors (Lipinski definition) is 1. The summed E-state index contributed by atoms with van der Waals surface area (Å²) >= 11 is 0. The first-order chi connectivity index (χ1) is 9.12. The van der Waals surface area contributed by atoms with E-state index in [2.05, 4.69) is 11.9 Å². The fourth-order valence-electron chi connectivity index (χ4n) is 4.06. The second-order valence-electron chi connectivity index (χ2n) is 6.85. The molecule has 2 rings (SSSR count). The maximum atomic E-state index is 11.7. The molecule has 19 heavy (non-hydrogen) atoms. The van der Waals surface area contributed by atoms with Gasteiger partial charge in [-0.2, -0.15) is 0 Å². The maximum absolute atomic E-state index is 11.7. The molecule has 0 radical (unpaired) electrons. The summed E-state index contributed by atoms with van der Waals surface area (Å²) in [6, 6.07) is 0. The lowest BCUT2D eigenvalue weighted by molar-refractivity contribution is -0.152. The molecule has 0 spiro atoms. The highest BCUT2D eigenvalue weighted by molar-refractivity contribution is 5.75. The SMILES string of the molecule is CN(CC1CCCCC1)CC1(C(=O)O)CCCCC1. The van der Waals surface area contributed by atoms with Crippen molar-refractivity contribution in [3.05, 3.63) is 0 Å². The second-order valence-corrected chi connectivity index (χ2v) is 6.85. The first-order valence-corrected chi connectivity index (χ1v) is 8.04. The summed E-state index contributed by atoms with van der Waals surface area (Å²) in [5.74, 6) is 0.232. The Bertz CT molecular complexity index is 291. The van der Waals surface area contributed by atoms with Crippen molar-refractivity contribution >= 4 is 5.97 Å². The largest absolute Gasteiger partial charge is 0.481 e. The number of nitrogens with zero attached hydrogens (tertiary/aromatic N) is 1. The molecule has 2 aliphatic carbocycles. The first kappa shape index (κ1) is 14.8. The number of carboxylic acids is 1. The molecule has 3 heteroatoms. The first-order valence-electron chi connectivity index (χ1n) is 8.04. The fourth-order valence-corrected chi connectivity index (χ4v) is 4.06. The summed E-state index contributed by atoms with van der Waals surface area (Å²) in [6.07, 6.45) is 11.9. The van der Waals surface area contributed by atoms with Crippen LogP contribution >= 0.6 is 0 Å². The molecule has 2 fully saturated rings. The van der Waals surface area contributed by atoms with Gasteiger partial charge in [0.1, 0.15) is 0 Å². The Labute approximate surface area is 117 Å². The quantitative estimate of drug-likeness (QED) is 0.828. The van der Waals surface area contributed by atoms with Crippen molar-refractivity contribution in [3.8, 4) is 0 Å². The van der Waals surface area contributed by atoms with Crippen LogP contribution in [-0.4, -0.2) is 36.1 Å². The molecule has 110 valence electrons. The van der Waals surface area contributed by atoms with Gasteiger partial charge in [0.05, 0.1) is 5.41 Å². The number of carbonyl (C=O) groups is 1. The van der Waals surface area contributed by atoms with E-state index in [1.165, 1.54) is 38.5 Å². The Morgan fingerprint density at radius 3 is 2.26 bits per heavy atom. The minimum atomic E-state index is -0.567. The van der Waals surface area contributed by atoms with Gasteiger partial charge < -0.3 is 10.0 Å². The van der Waals surface area contributed by atoms with Crippen LogP contribution in [0.1, 0.15) is 64.2 Å². The zero-order valence-corrected chi connectivity index (χ0v) is 12.4. The Kier molecular flexibility index (Phi) is 5.26. The van der Waals surface area contributed by atoms with E-state index >= 15 is 0 Å². The van der Waals surface area contributed by atoms with Gasteiger partial charge in [0.15, 0.2) is 0 Å². The van der Waals surface area contributed by atoms with E-state index in [9.17, 15) is 9.90 Å². The van der Waals surface area contributed by atoms with Gasteiger partial charge in [-0.15, -0.1) is 0 Å². The zero-order chi connectivity index (χ0) is 13.7. The van der Waals surface area contributed by atoms with Crippen LogP contribution in [-0.2, 0) is 4.79 Å². The predicted molar refractivity (Wildman–Crippen MR) is 77.2 cm³/mol.